The van der Waals surface area contributed by atoms with Crippen LogP contribution in [0.25, 0.3) is 0 Å². The standard InChI is InChI=1S/C26H40O5Si2/c1-17(2)33(18(3)4)28-16-21-23(30-33)19-12-10-11-13-20(19)24(26(21)15-14-22(27)29-26)31-32(8,9)25(5,6)7/h10-15,17-18,21,23-24H,16H2,1-9H3/t21-,23+,24-,26-/m1/s1. The zero-order valence-corrected chi connectivity index (χ0v) is 23.6. The molecule has 2 aliphatic heterocycles. The molecule has 2 heterocycles. The van der Waals surface area contributed by atoms with Crippen molar-refractivity contribution < 1.29 is 22.8 Å². The van der Waals surface area contributed by atoms with Gasteiger partial charge < -0.3 is 18.0 Å². The number of hydrogen-bond donors (Lipinski definition) is 0. The molecule has 0 aromatic heterocycles. The molecule has 1 aromatic rings. The highest BCUT2D eigenvalue weighted by Crippen LogP contribution is 2.59. The predicted octanol–water partition coefficient (Wildman–Crippen LogP) is 6.58. The quantitative estimate of drug-likeness (QED) is 0.354. The summed E-state index contributed by atoms with van der Waals surface area (Å²) in [5.41, 5.74) is 1.91. The van der Waals surface area contributed by atoms with E-state index in [4.69, 9.17) is 18.0 Å². The SMILES string of the molecule is CC(C)[Si]1(C(C)C)OC[C@@H]2[C@@H](O1)c1ccccc1[C@@H](O[Si](C)(C)C(C)(C)C)[C@@]21C=CC(=O)O1. The fraction of sp³-hybridized carbons (Fsp3) is 0.654. The lowest BCUT2D eigenvalue weighted by Gasteiger charge is -2.56. The van der Waals surface area contributed by atoms with E-state index in [1.165, 1.54) is 0 Å². The smallest absolute Gasteiger partial charge is 0.343 e. The van der Waals surface area contributed by atoms with E-state index in [1.54, 1.807) is 6.08 Å². The van der Waals surface area contributed by atoms with Gasteiger partial charge in [0.15, 0.2) is 13.9 Å². The summed E-state index contributed by atoms with van der Waals surface area (Å²) in [6.45, 7) is 20.5. The van der Waals surface area contributed by atoms with Crippen molar-refractivity contribution in [1.29, 1.82) is 0 Å². The van der Waals surface area contributed by atoms with Gasteiger partial charge in [-0.1, -0.05) is 72.7 Å². The topological polar surface area (TPSA) is 54.0 Å². The maximum absolute atomic E-state index is 12.5. The molecular formula is C26H40O5Si2. The van der Waals surface area contributed by atoms with E-state index < -0.39 is 28.6 Å². The van der Waals surface area contributed by atoms with Gasteiger partial charge in [-0.2, -0.15) is 0 Å². The molecule has 1 spiro atoms. The van der Waals surface area contributed by atoms with E-state index >= 15 is 0 Å². The van der Waals surface area contributed by atoms with Gasteiger partial charge in [-0.3, -0.25) is 0 Å². The summed E-state index contributed by atoms with van der Waals surface area (Å²) < 4.78 is 27.0. The Bertz CT molecular complexity index is 940. The third-order valence-electron chi connectivity index (χ3n) is 8.32. The van der Waals surface area contributed by atoms with Crippen LogP contribution in [0.5, 0.6) is 0 Å². The molecule has 33 heavy (non-hydrogen) atoms. The van der Waals surface area contributed by atoms with Gasteiger partial charge in [0.25, 0.3) is 0 Å². The minimum absolute atomic E-state index is 0.0171. The molecule has 4 atom stereocenters. The number of carbonyl (C=O) groups excluding carboxylic acids is 1. The number of esters is 1. The average molecular weight is 489 g/mol. The van der Waals surface area contributed by atoms with Crippen LogP contribution in [-0.4, -0.2) is 35.1 Å². The first kappa shape index (κ1) is 24.9. The molecule has 1 saturated heterocycles. The normalized spacial score (nSPS) is 31.1. The van der Waals surface area contributed by atoms with Crippen LogP contribution in [0.1, 0.15) is 71.8 Å². The fourth-order valence-corrected chi connectivity index (χ4v) is 10.4. The minimum atomic E-state index is -2.49. The van der Waals surface area contributed by atoms with Crippen molar-refractivity contribution in [2.24, 2.45) is 5.92 Å². The van der Waals surface area contributed by atoms with Crippen LogP contribution in [0.2, 0.25) is 29.2 Å². The molecule has 7 heteroatoms. The van der Waals surface area contributed by atoms with E-state index in [2.05, 4.69) is 79.8 Å². The Hall–Kier alpha value is -1.26. The Labute approximate surface area is 201 Å². The molecule has 4 rings (SSSR count). The molecule has 0 amide bonds. The Kier molecular flexibility index (Phi) is 6.14. The summed E-state index contributed by atoms with van der Waals surface area (Å²) in [6.07, 6.45) is 2.89. The summed E-state index contributed by atoms with van der Waals surface area (Å²) in [5.74, 6) is -0.484. The van der Waals surface area contributed by atoms with E-state index in [1.807, 2.05) is 12.1 Å². The molecule has 0 radical (unpaired) electrons. The highest BCUT2D eigenvalue weighted by Gasteiger charge is 2.64. The van der Waals surface area contributed by atoms with Gasteiger partial charge in [0.2, 0.25) is 0 Å². The van der Waals surface area contributed by atoms with Gasteiger partial charge in [-0.15, -0.1) is 0 Å². The lowest BCUT2D eigenvalue weighted by Crippen LogP contribution is -2.63. The average Bonchev–Trinajstić information content (AvgIpc) is 3.12. The van der Waals surface area contributed by atoms with Crippen molar-refractivity contribution in [3.8, 4) is 0 Å². The van der Waals surface area contributed by atoms with Gasteiger partial charge in [0.1, 0.15) is 6.10 Å². The molecule has 5 nitrogen and oxygen atoms in total. The molecule has 1 aliphatic carbocycles. The number of benzene rings is 1. The molecule has 0 N–H and O–H groups in total. The van der Waals surface area contributed by atoms with Crippen molar-refractivity contribution >= 4 is 22.8 Å². The molecule has 1 aromatic carbocycles. The maximum atomic E-state index is 12.5. The molecular weight excluding hydrogens is 448 g/mol. The van der Waals surface area contributed by atoms with Gasteiger partial charge >= 0.3 is 14.5 Å². The summed E-state index contributed by atoms with van der Waals surface area (Å²) in [7, 11) is -4.69. The Morgan fingerprint density at radius 3 is 2.21 bits per heavy atom. The van der Waals surface area contributed by atoms with Crippen LogP contribution in [0, 0.1) is 5.92 Å². The summed E-state index contributed by atoms with van der Waals surface area (Å²) in [6, 6.07) is 8.40. The first-order chi connectivity index (χ1) is 15.3. The zero-order chi connectivity index (χ0) is 24.4. The summed E-state index contributed by atoms with van der Waals surface area (Å²) in [5, 5.41) is 0.0171. The van der Waals surface area contributed by atoms with Crippen molar-refractivity contribution in [2.45, 2.75) is 95.5 Å². The number of fused-ring (bicyclic) bond motifs is 4. The van der Waals surface area contributed by atoms with Crippen molar-refractivity contribution in [3.63, 3.8) is 0 Å². The zero-order valence-electron chi connectivity index (χ0n) is 21.6. The molecule has 0 saturated carbocycles. The van der Waals surface area contributed by atoms with E-state index in [0.29, 0.717) is 17.7 Å². The Balaban J connectivity index is 1.88. The van der Waals surface area contributed by atoms with Crippen LogP contribution >= 0.6 is 0 Å². The van der Waals surface area contributed by atoms with Crippen LogP contribution < -0.4 is 0 Å². The minimum Gasteiger partial charge on any atom is -0.448 e. The first-order valence-corrected chi connectivity index (χ1v) is 17.1. The number of carbonyl (C=O) groups is 1. The Morgan fingerprint density at radius 2 is 1.70 bits per heavy atom. The predicted molar refractivity (Wildman–Crippen MR) is 135 cm³/mol. The van der Waals surface area contributed by atoms with Crippen LogP contribution in [-0.2, 0) is 22.8 Å². The van der Waals surface area contributed by atoms with Gasteiger partial charge in [-0.05, 0) is 46.4 Å². The van der Waals surface area contributed by atoms with Crippen LogP contribution in [0.15, 0.2) is 36.4 Å². The maximum Gasteiger partial charge on any atom is 0.343 e. The van der Waals surface area contributed by atoms with Crippen molar-refractivity contribution in [1.82, 2.24) is 0 Å². The monoisotopic (exact) mass is 488 g/mol. The molecule has 0 unspecified atom stereocenters. The van der Waals surface area contributed by atoms with Gasteiger partial charge in [-0.25, -0.2) is 4.79 Å². The molecule has 3 aliphatic rings. The first-order valence-electron chi connectivity index (χ1n) is 12.3. The number of ether oxygens (including phenoxy) is 1. The molecule has 1 fully saturated rings. The van der Waals surface area contributed by atoms with Crippen molar-refractivity contribution in [3.05, 3.63) is 47.5 Å². The summed E-state index contributed by atoms with van der Waals surface area (Å²) >= 11 is 0. The lowest BCUT2D eigenvalue weighted by molar-refractivity contribution is -0.185. The van der Waals surface area contributed by atoms with E-state index in [-0.39, 0.29) is 23.0 Å². The van der Waals surface area contributed by atoms with E-state index in [9.17, 15) is 4.79 Å². The largest absolute Gasteiger partial charge is 0.448 e. The summed E-state index contributed by atoms with van der Waals surface area (Å²) in [4.78, 5) is 12.5. The van der Waals surface area contributed by atoms with Gasteiger partial charge in [0.05, 0.1) is 12.0 Å². The lowest BCUT2D eigenvalue weighted by atomic mass is 9.69. The Morgan fingerprint density at radius 1 is 1.09 bits per heavy atom. The molecule has 182 valence electrons. The second-order valence-electron chi connectivity index (χ2n) is 12.0. The highest BCUT2D eigenvalue weighted by atomic mass is 28.4. The second kappa shape index (κ2) is 8.16. The van der Waals surface area contributed by atoms with Crippen LogP contribution in [0.3, 0.4) is 0 Å². The van der Waals surface area contributed by atoms with Gasteiger partial charge in [0, 0.05) is 12.7 Å². The molecule has 0 bridgehead atoms. The fourth-order valence-electron chi connectivity index (χ4n) is 5.40. The van der Waals surface area contributed by atoms with E-state index in [0.717, 1.165) is 11.1 Å². The number of rotatable bonds is 4. The number of hydrogen-bond acceptors (Lipinski definition) is 5. The third kappa shape index (κ3) is 3.80. The van der Waals surface area contributed by atoms with Crippen LogP contribution in [0.4, 0.5) is 0 Å². The van der Waals surface area contributed by atoms with Crippen molar-refractivity contribution in [2.75, 3.05) is 6.61 Å². The highest BCUT2D eigenvalue weighted by molar-refractivity contribution is 6.74. The second-order valence-corrected chi connectivity index (χ2v) is 21.0. The third-order valence-corrected chi connectivity index (χ3v) is 17.2.